The second-order valence-electron chi connectivity index (χ2n) is 3.69. The number of rotatable bonds is 3. The maximum Gasteiger partial charge on any atom is 0.0830 e. The summed E-state index contributed by atoms with van der Waals surface area (Å²) in [7, 11) is 2.72. The Bertz CT molecular complexity index is 274. The average molecular weight is 224 g/mol. The monoisotopic (exact) mass is 224 g/mol. The van der Waals surface area contributed by atoms with E-state index in [1.54, 1.807) is 7.11 Å². The Morgan fingerprint density at radius 1 is 1.25 bits per heavy atom. The number of benzene rings is 1. The summed E-state index contributed by atoms with van der Waals surface area (Å²) in [5, 5.41) is 7.00. The van der Waals surface area contributed by atoms with Crippen LogP contribution in [0.15, 0.2) is 30.3 Å². The molecule has 0 radical (unpaired) electrons. The van der Waals surface area contributed by atoms with Crippen molar-refractivity contribution in [1.29, 1.82) is 0 Å². The molecule has 1 aromatic carbocycles. The standard InChI is InChI=1S/C12H16O2.CH4O/c1-13-9-11-7-8-12(14-11)10-5-3-2-4-6-10;1-2/h2-6,11-12H,7-9H2,1H3;2H,1H3. The van der Waals surface area contributed by atoms with Gasteiger partial charge >= 0.3 is 0 Å². The summed E-state index contributed by atoms with van der Waals surface area (Å²) in [5.41, 5.74) is 1.28. The predicted octanol–water partition coefficient (Wildman–Crippen LogP) is 2.16. The van der Waals surface area contributed by atoms with E-state index >= 15 is 0 Å². The quantitative estimate of drug-likeness (QED) is 0.855. The molecule has 3 nitrogen and oxygen atoms in total. The third kappa shape index (κ3) is 3.59. The Labute approximate surface area is 97.0 Å². The Morgan fingerprint density at radius 2 is 1.94 bits per heavy atom. The molecule has 1 heterocycles. The fourth-order valence-electron chi connectivity index (χ4n) is 1.93. The second kappa shape index (κ2) is 7.39. The van der Waals surface area contributed by atoms with Crippen LogP contribution in [0.5, 0.6) is 0 Å². The highest BCUT2D eigenvalue weighted by atomic mass is 16.5. The summed E-state index contributed by atoms with van der Waals surface area (Å²) in [4.78, 5) is 0. The van der Waals surface area contributed by atoms with Crippen molar-refractivity contribution in [3.8, 4) is 0 Å². The van der Waals surface area contributed by atoms with Gasteiger partial charge in [0.05, 0.1) is 18.8 Å². The van der Waals surface area contributed by atoms with Crippen LogP contribution >= 0.6 is 0 Å². The zero-order valence-electron chi connectivity index (χ0n) is 9.93. The summed E-state index contributed by atoms with van der Waals surface area (Å²) < 4.78 is 10.9. The largest absolute Gasteiger partial charge is 0.400 e. The molecule has 0 spiro atoms. The molecule has 16 heavy (non-hydrogen) atoms. The normalized spacial score (nSPS) is 23.7. The third-order valence-electron chi connectivity index (χ3n) is 2.63. The van der Waals surface area contributed by atoms with Gasteiger partial charge in [0.15, 0.2) is 0 Å². The molecular weight excluding hydrogens is 204 g/mol. The lowest BCUT2D eigenvalue weighted by atomic mass is 10.1. The molecule has 2 rings (SSSR count). The SMILES string of the molecule is CO.COCC1CCC(c2ccccc2)O1. The minimum absolute atomic E-state index is 0.274. The van der Waals surface area contributed by atoms with Crippen molar-refractivity contribution in [3.05, 3.63) is 35.9 Å². The lowest BCUT2D eigenvalue weighted by Crippen LogP contribution is -2.13. The van der Waals surface area contributed by atoms with Crippen LogP contribution < -0.4 is 0 Å². The fraction of sp³-hybridized carbons (Fsp3) is 0.538. The molecule has 1 aliphatic rings. The summed E-state index contributed by atoms with van der Waals surface area (Å²) in [6.07, 6.45) is 2.77. The first-order valence-electron chi connectivity index (χ1n) is 5.54. The topological polar surface area (TPSA) is 38.7 Å². The third-order valence-corrected chi connectivity index (χ3v) is 2.63. The highest BCUT2D eigenvalue weighted by Gasteiger charge is 2.25. The smallest absolute Gasteiger partial charge is 0.0830 e. The summed E-state index contributed by atoms with van der Waals surface area (Å²) in [5.74, 6) is 0. The molecule has 1 saturated heterocycles. The van der Waals surface area contributed by atoms with Gasteiger partial charge in [0.2, 0.25) is 0 Å². The first-order valence-corrected chi connectivity index (χ1v) is 5.54. The number of aliphatic hydroxyl groups is 1. The van der Waals surface area contributed by atoms with E-state index in [0.29, 0.717) is 6.61 Å². The van der Waals surface area contributed by atoms with Crippen molar-refractivity contribution < 1.29 is 14.6 Å². The maximum atomic E-state index is 7.00. The van der Waals surface area contributed by atoms with Crippen LogP contribution in [0, 0.1) is 0 Å². The van der Waals surface area contributed by atoms with E-state index in [1.165, 1.54) is 5.56 Å². The van der Waals surface area contributed by atoms with Crippen LogP contribution in [-0.2, 0) is 9.47 Å². The zero-order valence-corrected chi connectivity index (χ0v) is 9.93. The van der Waals surface area contributed by atoms with Crippen LogP contribution in [0.2, 0.25) is 0 Å². The van der Waals surface area contributed by atoms with Crippen LogP contribution in [0.3, 0.4) is 0 Å². The molecule has 1 fully saturated rings. The molecular formula is C13H20O3. The second-order valence-corrected chi connectivity index (χ2v) is 3.69. The van der Waals surface area contributed by atoms with E-state index < -0.39 is 0 Å². The number of hydrogen-bond acceptors (Lipinski definition) is 3. The van der Waals surface area contributed by atoms with Gasteiger partial charge in [0.25, 0.3) is 0 Å². The van der Waals surface area contributed by atoms with E-state index in [0.717, 1.165) is 20.0 Å². The molecule has 90 valence electrons. The van der Waals surface area contributed by atoms with Crippen LogP contribution in [-0.4, -0.2) is 32.0 Å². The molecule has 2 unspecified atom stereocenters. The van der Waals surface area contributed by atoms with Gasteiger partial charge in [-0.1, -0.05) is 30.3 Å². The summed E-state index contributed by atoms with van der Waals surface area (Å²) in [6.45, 7) is 0.712. The van der Waals surface area contributed by atoms with Crippen molar-refractivity contribution in [2.45, 2.75) is 25.0 Å². The van der Waals surface area contributed by atoms with E-state index in [1.807, 2.05) is 6.07 Å². The van der Waals surface area contributed by atoms with Gasteiger partial charge in [-0.05, 0) is 18.4 Å². The first-order chi connectivity index (χ1) is 7.90. The van der Waals surface area contributed by atoms with Gasteiger partial charge in [-0.3, -0.25) is 0 Å². The molecule has 3 heteroatoms. The van der Waals surface area contributed by atoms with Crippen molar-refractivity contribution in [2.75, 3.05) is 20.8 Å². The molecule has 0 amide bonds. The Balaban J connectivity index is 0.000000606. The Hall–Kier alpha value is -0.900. The van der Waals surface area contributed by atoms with Gasteiger partial charge in [-0.15, -0.1) is 0 Å². The lowest BCUT2D eigenvalue weighted by Gasteiger charge is -2.12. The van der Waals surface area contributed by atoms with Crippen molar-refractivity contribution in [1.82, 2.24) is 0 Å². The molecule has 1 aromatic rings. The van der Waals surface area contributed by atoms with E-state index in [-0.39, 0.29) is 12.2 Å². The minimum atomic E-state index is 0.274. The molecule has 0 bridgehead atoms. The van der Waals surface area contributed by atoms with Crippen molar-refractivity contribution in [2.24, 2.45) is 0 Å². The maximum absolute atomic E-state index is 7.00. The van der Waals surface area contributed by atoms with Gasteiger partial charge in [0.1, 0.15) is 0 Å². The molecule has 0 aromatic heterocycles. The van der Waals surface area contributed by atoms with Crippen LogP contribution in [0.4, 0.5) is 0 Å². The Morgan fingerprint density at radius 3 is 2.56 bits per heavy atom. The van der Waals surface area contributed by atoms with Gasteiger partial charge < -0.3 is 14.6 Å². The van der Waals surface area contributed by atoms with Crippen LogP contribution in [0.1, 0.15) is 24.5 Å². The number of methoxy groups -OCH3 is 1. The number of ether oxygens (including phenoxy) is 2. The zero-order chi connectivity index (χ0) is 11.8. The number of aliphatic hydroxyl groups excluding tert-OH is 1. The molecule has 0 aliphatic carbocycles. The van der Waals surface area contributed by atoms with E-state index in [2.05, 4.69) is 24.3 Å². The number of hydrogen-bond donors (Lipinski definition) is 1. The van der Waals surface area contributed by atoms with Gasteiger partial charge in [0, 0.05) is 14.2 Å². The fourth-order valence-corrected chi connectivity index (χ4v) is 1.93. The average Bonchev–Trinajstić information content (AvgIpc) is 2.82. The minimum Gasteiger partial charge on any atom is -0.400 e. The van der Waals surface area contributed by atoms with Gasteiger partial charge in [-0.2, -0.15) is 0 Å². The van der Waals surface area contributed by atoms with Crippen molar-refractivity contribution in [3.63, 3.8) is 0 Å². The lowest BCUT2D eigenvalue weighted by molar-refractivity contribution is -0.00220. The highest BCUT2D eigenvalue weighted by Crippen LogP contribution is 2.32. The molecule has 2 atom stereocenters. The van der Waals surface area contributed by atoms with E-state index in [9.17, 15) is 0 Å². The highest BCUT2D eigenvalue weighted by molar-refractivity contribution is 5.18. The Kier molecular flexibility index (Phi) is 6.08. The summed E-state index contributed by atoms with van der Waals surface area (Å²) >= 11 is 0. The summed E-state index contributed by atoms with van der Waals surface area (Å²) in [6, 6.07) is 10.4. The molecule has 1 aliphatic heterocycles. The predicted molar refractivity (Wildman–Crippen MR) is 63.3 cm³/mol. The van der Waals surface area contributed by atoms with Crippen LogP contribution in [0.25, 0.3) is 0 Å². The van der Waals surface area contributed by atoms with Crippen molar-refractivity contribution >= 4 is 0 Å². The molecule has 1 N–H and O–H groups in total. The van der Waals surface area contributed by atoms with E-state index in [4.69, 9.17) is 14.6 Å². The van der Waals surface area contributed by atoms with Gasteiger partial charge in [-0.25, -0.2) is 0 Å². The molecule has 0 saturated carbocycles. The first kappa shape index (κ1) is 13.2.